The molecule has 0 aliphatic carbocycles. The molecule has 2 aromatic carbocycles. The van der Waals surface area contributed by atoms with Gasteiger partial charge in [0.25, 0.3) is 0 Å². The van der Waals surface area contributed by atoms with Gasteiger partial charge in [-0.3, -0.25) is 0 Å². The van der Waals surface area contributed by atoms with Gasteiger partial charge in [0.1, 0.15) is 0 Å². The molecule has 0 saturated heterocycles. The van der Waals surface area contributed by atoms with Gasteiger partial charge in [0.15, 0.2) is 0 Å². The highest BCUT2D eigenvalue weighted by Gasteiger charge is 2.07. The summed E-state index contributed by atoms with van der Waals surface area (Å²) in [5, 5.41) is 3.43. The van der Waals surface area contributed by atoms with Gasteiger partial charge in [-0.1, -0.05) is 24.3 Å². The van der Waals surface area contributed by atoms with Crippen molar-refractivity contribution in [3.63, 3.8) is 0 Å². The predicted molar refractivity (Wildman–Crippen MR) is 84.0 cm³/mol. The van der Waals surface area contributed by atoms with Gasteiger partial charge < -0.3 is 10.2 Å². The molecule has 0 spiro atoms. The molecule has 0 amide bonds. The first-order chi connectivity index (χ1) is 9.09. The molecule has 2 heteroatoms. The summed E-state index contributed by atoms with van der Waals surface area (Å²) in [5.41, 5.74) is 6.52. The fourth-order valence-electron chi connectivity index (χ4n) is 2.21. The Morgan fingerprint density at radius 3 is 2.26 bits per heavy atom. The number of nitrogens with zero attached hydrogens (tertiary/aromatic N) is 1. The first-order valence-electron chi connectivity index (χ1n) is 6.66. The largest absolute Gasteiger partial charge is 0.368 e. The lowest BCUT2D eigenvalue weighted by Crippen LogP contribution is -2.25. The number of nitrogens with one attached hydrogen (secondary N) is 1. The number of aryl methyl sites for hydroxylation is 1. The number of benzene rings is 2. The summed E-state index contributed by atoms with van der Waals surface area (Å²) in [6, 6.07) is 14.7. The maximum absolute atomic E-state index is 3.43. The Kier molecular flexibility index (Phi) is 4.10. The van der Waals surface area contributed by atoms with Crippen LogP contribution in [-0.2, 0) is 0 Å². The molecule has 0 bridgehead atoms. The van der Waals surface area contributed by atoms with Crippen molar-refractivity contribution in [1.29, 1.82) is 0 Å². The van der Waals surface area contributed by atoms with Crippen LogP contribution in [0.5, 0.6) is 0 Å². The second-order valence-electron chi connectivity index (χ2n) is 5.05. The van der Waals surface area contributed by atoms with Crippen molar-refractivity contribution in [3.8, 4) is 0 Å². The molecule has 1 N–H and O–H groups in total. The van der Waals surface area contributed by atoms with Crippen molar-refractivity contribution in [2.45, 2.75) is 20.8 Å². The zero-order valence-electron chi connectivity index (χ0n) is 12.2. The summed E-state index contributed by atoms with van der Waals surface area (Å²) in [4.78, 5) is 2.24. The van der Waals surface area contributed by atoms with Crippen LogP contribution in [0.4, 0.5) is 11.4 Å². The third-order valence-corrected chi connectivity index (χ3v) is 3.73. The lowest BCUT2D eigenvalue weighted by molar-refractivity contribution is 0.966. The van der Waals surface area contributed by atoms with Gasteiger partial charge in [-0.25, -0.2) is 0 Å². The van der Waals surface area contributed by atoms with Crippen LogP contribution in [0.1, 0.15) is 16.7 Å². The maximum Gasteiger partial charge on any atom is 0.0873 e. The number of hydrogen-bond donors (Lipinski definition) is 1. The van der Waals surface area contributed by atoms with E-state index in [0.717, 1.165) is 12.4 Å². The van der Waals surface area contributed by atoms with Gasteiger partial charge in [-0.05, 0) is 55.7 Å². The Labute approximate surface area is 116 Å². The molecule has 0 heterocycles. The highest BCUT2D eigenvalue weighted by molar-refractivity contribution is 5.58. The van der Waals surface area contributed by atoms with E-state index < -0.39 is 0 Å². The highest BCUT2D eigenvalue weighted by atomic mass is 15.2. The van der Waals surface area contributed by atoms with Crippen LogP contribution in [0.3, 0.4) is 0 Å². The van der Waals surface area contributed by atoms with Crippen molar-refractivity contribution in [2.24, 2.45) is 0 Å². The zero-order chi connectivity index (χ0) is 13.8. The average Bonchev–Trinajstić information content (AvgIpc) is 2.43. The third-order valence-electron chi connectivity index (χ3n) is 3.73. The van der Waals surface area contributed by atoms with E-state index in [1.807, 2.05) is 18.2 Å². The standard InChI is InChI=1S/C17H22N2/c1-13-10-11-17(15(3)14(13)2)19(4)12-18-16-8-6-5-7-9-16/h5-11,18H,12H2,1-4H3. The minimum absolute atomic E-state index is 0.799. The first kappa shape index (κ1) is 13.5. The van der Waals surface area contributed by atoms with E-state index in [1.54, 1.807) is 0 Å². The quantitative estimate of drug-likeness (QED) is 0.826. The van der Waals surface area contributed by atoms with E-state index in [2.05, 4.69) is 62.3 Å². The third kappa shape index (κ3) is 3.08. The van der Waals surface area contributed by atoms with Crippen molar-refractivity contribution in [1.82, 2.24) is 0 Å². The van der Waals surface area contributed by atoms with Gasteiger partial charge in [0.05, 0.1) is 6.67 Å². The average molecular weight is 254 g/mol. The molecule has 100 valence electrons. The van der Waals surface area contributed by atoms with E-state index in [4.69, 9.17) is 0 Å². The molecule has 0 radical (unpaired) electrons. The molecular weight excluding hydrogens is 232 g/mol. The van der Waals surface area contributed by atoms with Crippen LogP contribution < -0.4 is 10.2 Å². The van der Waals surface area contributed by atoms with E-state index in [0.29, 0.717) is 0 Å². The van der Waals surface area contributed by atoms with Gasteiger partial charge in [-0.2, -0.15) is 0 Å². The van der Waals surface area contributed by atoms with Crippen molar-refractivity contribution < 1.29 is 0 Å². The van der Waals surface area contributed by atoms with Gasteiger partial charge in [-0.15, -0.1) is 0 Å². The molecule has 2 nitrogen and oxygen atoms in total. The minimum atomic E-state index is 0.799. The number of para-hydroxylation sites is 1. The second kappa shape index (κ2) is 5.79. The molecule has 0 fully saturated rings. The van der Waals surface area contributed by atoms with Gasteiger partial charge in [0.2, 0.25) is 0 Å². The van der Waals surface area contributed by atoms with Crippen molar-refractivity contribution in [3.05, 3.63) is 59.2 Å². The normalized spacial score (nSPS) is 10.3. The van der Waals surface area contributed by atoms with E-state index in [-0.39, 0.29) is 0 Å². The number of hydrogen-bond acceptors (Lipinski definition) is 2. The predicted octanol–water partition coefficient (Wildman–Crippen LogP) is 4.12. The van der Waals surface area contributed by atoms with E-state index in [1.165, 1.54) is 22.4 Å². The monoisotopic (exact) mass is 254 g/mol. The minimum Gasteiger partial charge on any atom is -0.368 e. The summed E-state index contributed by atoms with van der Waals surface area (Å²) in [7, 11) is 2.12. The van der Waals surface area contributed by atoms with Gasteiger partial charge >= 0.3 is 0 Å². The van der Waals surface area contributed by atoms with Crippen LogP contribution in [-0.4, -0.2) is 13.7 Å². The van der Waals surface area contributed by atoms with Crippen LogP contribution in [0.25, 0.3) is 0 Å². The summed E-state index contributed by atoms with van der Waals surface area (Å²) >= 11 is 0. The molecule has 0 aliphatic heterocycles. The lowest BCUT2D eigenvalue weighted by atomic mass is 10.0. The summed E-state index contributed by atoms with van der Waals surface area (Å²) in [6.07, 6.45) is 0. The molecule has 2 rings (SSSR count). The number of anilines is 2. The maximum atomic E-state index is 3.43. The zero-order valence-corrected chi connectivity index (χ0v) is 12.2. The molecule has 0 saturated carbocycles. The molecule has 0 aromatic heterocycles. The summed E-state index contributed by atoms with van der Waals surface area (Å²) < 4.78 is 0. The van der Waals surface area contributed by atoms with Crippen LogP contribution in [0.2, 0.25) is 0 Å². The Hall–Kier alpha value is -1.96. The van der Waals surface area contributed by atoms with E-state index >= 15 is 0 Å². The molecule has 0 unspecified atom stereocenters. The fraction of sp³-hybridized carbons (Fsp3) is 0.294. The Balaban J connectivity index is 2.08. The lowest BCUT2D eigenvalue weighted by Gasteiger charge is -2.24. The molecule has 19 heavy (non-hydrogen) atoms. The molecule has 0 atom stereocenters. The second-order valence-corrected chi connectivity index (χ2v) is 5.05. The fourth-order valence-corrected chi connectivity index (χ4v) is 2.21. The smallest absolute Gasteiger partial charge is 0.0873 e. The first-order valence-corrected chi connectivity index (χ1v) is 6.66. The molecular formula is C17H22N2. The van der Waals surface area contributed by atoms with Crippen molar-refractivity contribution >= 4 is 11.4 Å². The number of rotatable bonds is 4. The summed E-state index contributed by atoms with van der Waals surface area (Å²) in [6.45, 7) is 7.34. The molecule has 0 aliphatic rings. The van der Waals surface area contributed by atoms with E-state index in [9.17, 15) is 0 Å². The van der Waals surface area contributed by atoms with Gasteiger partial charge in [0, 0.05) is 18.4 Å². The van der Waals surface area contributed by atoms with Crippen molar-refractivity contribution in [2.75, 3.05) is 23.9 Å². The summed E-state index contributed by atoms with van der Waals surface area (Å²) in [5.74, 6) is 0. The molecule has 2 aromatic rings. The van der Waals surface area contributed by atoms with Crippen LogP contribution in [0.15, 0.2) is 42.5 Å². The topological polar surface area (TPSA) is 15.3 Å². The van der Waals surface area contributed by atoms with Crippen LogP contribution in [0, 0.1) is 20.8 Å². The Morgan fingerprint density at radius 1 is 0.895 bits per heavy atom. The Bertz CT molecular complexity index is 547. The SMILES string of the molecule is Cc1ccc(N(C)CNc2ccccc2)c(C)c1C. The Morgan fingerprint density at radius 2 is 1.58 bits per heavy atom. The van der Waals surface area contributed by atoms with Crippen LogP contribution >= 0.6 is 0 Å². The highest BCUT2D eigenvalue weighted by Crippen LogP contribution is 2.24.